The molecule has 1 rings (SSSR count). The maximum Gasteiger partial charge on any atom is 0.155 e. The van der Waals surface area contributed by atoms with Crippen molar-refractivity contribution in [2.24, 2.45) is 5.92 Å². The fourth-order valence-electron chi connectivity index (χ4n) is 2.34. The molecule has 0 N–H and O–H groups in total. The molecule has 2 unspecified atom stereocenters. The highest BCUT2D eigenvalue weighted by Crippen LogP contribution is 2.29. The fraction of sp³-hybridized carbons (Fsp3) is 0.846. The Labute approximate surface area is 113 Å². The molecule has 1 fully saturated rings. The third kappa shape index (κ3) is 5.15. The van der Waals surface area contributed by atoms with E-state index >= 15 is 0 Å². The van der Waals surface area contributed by atoms with E-state index in [2.05, 4.69) is 32.7 Å². The molecule has 2 nitrogen and oxygen atoms in total. The number of halogens is 1. The van der Waals surface area contributed by atoms with Crippen LogP contribution < -0.4 is 0 Å². The van der Waals surface area contributed by atoms with Gasteiger partial charge >= 0.3 is 0 Å². The van der Waals surface area contributed by atoms with E-state index in [-0.39, 0.29) is 12.4 Å². The summed E-state index contributed by atoms with van der Waals surface area (Å²) in [5, 5.41) is 0. The predicted octanol–water partition coefficient (Wildman–Crippen LogP) is 4.28. The summed E-state index contributed by atoms with van der Waals surface area (Å²) >= 11 is 2.27. The van der Waals surface area contributed by atoms with Gasteiger partial charge in [0, 0.05) is 6.61 Å². The summed E-state index contributed by atoms with van der Waals surface area (Å²) in [5.74, 6) is 0.683. The zero-order chi connectivity index (χ0) is 11.8. The number of hydrogen-bond acceptors (Lipinski definition) is 2. The van der Waals surface area contributed by atoms with Crippen LogP contribution in [-0.4, -0.2) is 19.0 Å². The minimum Gasteiger partial charge on any atom is -0.353 e. The van der Waals surface area contributed by atoms with Gasteiger partial charge in [0.15, 0.2) is 6.29 Å². The third-order valence-corrected chi connectivity index (χ3v) is 3.54. The molecular weight excluding hydrogens is 315 g/mol. The van der Waals surface area contributed by atoms with Crippen LogP contribution in [0.2, 0.25) is 0 Å². The largest absolute Gasteiger partial charge is 0.353 e. The lowest BCUT2D eigenvalue weighted by atomic mass is 9.85. The third-order valence-electron chi connectivity index (χ3n) is 3.13. The standard InChI is InChI=1S/C13H23IO2/c1-3-15-11(2)16-13(9-10-14)12-7-5-4-6-8-12/h9-13H,3-8H2,1-2H3/b10-9-. The molecule has 0 aromatic rings. The molecule has 16 heavy (non-hydrogen) atoms. The minimum atomic E-state index is -0.0930. The summed E-state index contributed by atoms with van der Waals surface area (Å²) < 4.78 is 13.5. The summed E-state index contributed by atoms with van der Waals surface area (Å²) in [4.78, 5) is 0. The lowest BCUT2D eigenvalue weighted by molar-refractivity contribution is -0.159. The summed E-state index contributed by atoms with van der Waals surface area (Å²) in [6.07, 6.45) is 8.99. The van der Waals surface area contributed by atoms with Gasteiger partial charge in [-0.1, -0.05) is 41.9 Å². The summed E-state index contributed by atoms with van der Waals surface area (Å²) in [6.45, 7) is 4.70. The van der Waals surface area contributed by atoms with E-state index in [1.54, 1.807) is 0 Å². The van der Waals surface area contributed by atoms with Crippen LogP contribution in [0.3, 0.4) is 0 Å². The smallest absolute Gasteiger partial charge is 0.155 e. The molecule has 1 aliphatic carbocycles. The van der Waals surface area contributed by atoms with Gasteiger partial charge in [-0.3, -0.25) is 0 Å². The second-order valence-corrected chi connectivity index (χ2v) is 5.06. The average Bonchev–Trinajstić information content (AvgIpc) is 2.30. The molecule has 0 amide bonds. The molecule has 1 aliphatic rings. The molecule has 1 saturated carbocycles. The van der Waals surface area contributed by atoms with E-state index in [1.807, 2.05) is 13.8 Å². The van der Waals surface area contributed by atoms with Crippen molar-refractivity contribution >= 4 is 22.6 Å². The normalized spacial score (nSPS) is 22.4. The molecule has 0 radical (unpaired) electrons. The Morgan fingerprint density at radius 3 is 2.56 bits per heavy atom. The van der Waals surface area contributed by atoms with Crippen molar-refractivity contribution in [2.45, 2.75) is 58.3 Å². The molecule has 0 aromatic heterocycles. The second-order valence-electron chi connectivity index (χ2n) is 4.34. The molecule has 0 aliphatic heterocycles. The molecule has 94 valence electrons. The van der Waals surface area contributed by atoms with Crippen LogP contribution in [0.4, 0.5) is 0 Å². The van der Waals surface area contributed by atoms with Gasteiger partial charge < -0.3 is 9.47 Å². The molecule has 0 spiro atoms. The van der Waals surface area contributed by atoms with Gasteiger partial charge in [0.05, 0.1) is 6.10 Å². The summed E-state index contributed by atoms with van der Waals surface area (Å²) in [7, 11) is 0. The lowest BCUT2D eigenvalue weighted by Gasteiger charge is -2.30. The first-order valence-corrected chi connectivity index (χ1v) is 7.56. The van der Waals surface area contributed by atoms with Crippen LogP contribution in [-0.2, 0) is 9.47 Å². The van der Waals surface area contributed by atoms with Crippen LogP contribution >= 0.6 is 22.6 Å². The molecule has 0 aromatic carbocycles. The molecule has 3 heteroatoms. The van der Waals surface area contributed by atoms with Crippen molar-refractivity contribution in [1.82, 2.24) is 0 Å². The van der Waals surface area contributed by atoms with Gasteiger partial charge in [-0.25, -0.2) is 0 Å². The Balaban J connectivity index is 2.45. The minimum absolute atomic E-state index is 0.0930. The fourth-order valence-corrected chi connectivity index (χ4v) is 2.75. The van der Waals surface area contributed by atoms with Gasteiger partial charge in [0.2, 0.25) is 0 Å². The van der Waals surface area contributed by atoms with Gasteiger partial charge in [0.1, 0.15) is 0 Å². The van der Waals surface area contributed by atoms with Gasteiger partial charge in [0.25, 0.3) is 0 Å². The van der Waals surface area contributed by atoms with Gasteiger partial charge in [-0.05, 0) is 42.8 Å². The first-order chi connectivity index (χ1) is 7.77. The van der Waals surface area contributed by atoms with Crippen LogP contribution in [0.1, 0.15) is 46.0 Å². The Morgan fingerprint density at radius 1 is 1.31 bits per heavy atom. The molecule has 0 saturated heterocycles. The molecular formula is C13H23IO2. The Hall–Kier alpha value is 0.390. The van der Waals surface area contributed by atoms with Crippen molar-refractivity contribution in [3.05, 3.63) is 10.2 Å². The van der Waals surface area contributed by atoms with Crippen molar-refractivity contribution in [1.29, 1.82) is 0 Å². The predicted molar refractivity (Wildman–Crippen MR) is 75.7 cm³/mol. The monoisotopic (exact) mass is 338 g/mol. The zero-order valence-corrected chi connectivity index (χ0v) is 12.5. The van der Waals surface area contributed by atoms with Crippen molar-refractivity contribution in [3.63, 3.8) is 0 Å². The molecule has 0 heterocycles. The van der Waals surface area contributed by atoms with Crippen molar-refractivity contribution < 1.29 is 9.47 Å². The number of hydrogen-bond donors (Lipinski definition) is 0. The molecule has 0 bridgehead atoms. The highest BCUT2D eigenvalue weighted by Gasteiger charge is 2.23. The van der Waals surface area contributed by atoms with E-state index in [9.17, 15) is 0 Å². The Morgan fingerprint density at radius 2 is 2.00 bits per heavy atom. The van der Waals surface area contributed by atoms with Crippen LogP contribution in [0.5, 0.6) is 0 Å². The van der Waals surface area contributed by atoms with Crippen molar-refractivity contribution in [2.75, 3.05) is 6.61 Å². The lowest BCUT2D eigenvalue weighted by Crippen LogP contribution is -2.29. The van der Waals surface area contributed by atoms with Gasteiger partial charge in [-0.15, -0.1) is 0 Å². The van der Waals surface area contributed by atoms with Crippen LogP contribution in [0.15, 0.2) is 10.2 Å². The quantitative estimate of drug-likeness (QED) is 0.532. The van der Waals surface area contributed by atoms with E-state index in [0.717, 1.165) is 0 Å². The first-order valence-electron chi connectivity index (χ1n) is 6.31. The second kappa shape index (κ2) is 8.48. The van der Waals surface area contributed by atoms with E-state index in [0.29, 0.717) is 12.5 Å². The van der Waals surface area contributed by atoms with Crippen molar-refractivity contribution in [3.8, 4) is 0 Å². The van der Waals surface area contributed by atoms with E-state index < -0.39 is 0 Å². The van der Waals surface area contributed by atoms with Crippen LogP contribution in [0.25, 0.3) is 0 Å². The van der Waals surface area contributed by atoms with E-state index in [1.165, 1.54) is 32.1 Å². The first kappa shape index (κ1) is 14.5. The topological polar surface area (TPSA) is 18.5 Å². The molecule has 2 atom stereocenters. The Kier molecular flexibility index (Phi) is 7.66. The highest BCUT2D eigenvalue weighted by molar-refractivity contribution is 14.1. The zero-order valence-electron chi connectivity index (χ0n) is 10.3. The van der Waals surface area contributed by atoms with E-state index in [4.69, 9.17) is 9.47 Å². The van der Waals surface area contributed by atoms with Gasteiger partial charge in [-0.2, -0.15) is 0 Å². The number of rotatable bonds is 6. The maximum absolute atomic E-state index is 5.96. The van der Waals surface area contributed by atoms with Crippen LogP contribution in [0, 0.1) is 5.92 Å². The summed E-state index contributed by atoms with van der Waals surface area (Å²) in [5.41, 5.74) is 0. The highest BCUT2D eigenvalue weighted by atomic mass is 127. The average molecular weight is 338 g/mol. The summed E-state index contributed by atoms with van der Waals surface area (Å²) in [6, 6.07) is 0. The SMILES string of the molecule is CCOC(C)OC(/C=C\I)C1CCCCC1. The number of ether oxygens (including phenoxy) is 2. The Bertz CT molecular complexity index is 200. The maximum atomic E-state index is 5.96.